The van der Waals surface area contributed by atoms with Crippen molar-refractivity contribution >= 4 is 11.9 Å². The number of nitrogens with one attached hydrogen (secondary N) is 1. The van der Waals surface area contributed by atoms with Crippen molar-refractivity contribution in [2.24, 2.45) is 5.73 Å². The van der Waals surface area contributed by atoms with Crippen molar-refractivity contribution in [3.05, 3.63) is 18.2 Å². The molecule has 1 rings (SSSR count). The summed E-state index contributed by atoms with van der Waals surface area (Å²) < 4.78 is 1.69. The largest absolute Gasteiger partial charge is 0.480 e. The number of carbonyl (C=O) groups is 2. The molecule has 106 valence electrons. The van der Waals surface area contributed by atoms with Crippen molar-refractivity contribution in [3.8, 4) is 0 Å². The number of rotatable bonds is 7. The number of nitrogens with two attached hydrogens (primary N) is 1. The average Bonchev–Trinajstić information content (AvgIpc) is 2.84. The van der Waals surface area contributed by atoms with Gasteiger partial charge in [0.15, 0.2) is 0 Å². The van der Waals surface area contributed by atoms with Crippen LogP contribution in [0.5, 0.6) is 0 Å². The van der Waals surface area contributed by atoms with Gasteiger partial charge in [-0.05, 0) is 12.8 Å². The summed E-state index contributed by atoms with van der Waals surface area (Å²) >= 11 is 0. The molecule has 0 spiro atoms. The van der Waals surface area contributed by atoms with Crippen LogP contribution in [0.15, 0.2) is 12.5 Å². The molecule has 1 aromatic rings. The molecule has 0 bridgehead atoms. The lowest BCUT2D eigenvalue weighted by molar-refractivity contribution is -0.144. The molecular formula is C12H20N4O3. The highest BCUT2D eigenvalue weighted by molar-refractivity contribution is 5.96. The second-order valence-corrected chi connectivity index (χ2v) is 4.33. The molecule has 0 saturated carbocycles. The van der Waals surface area contributed by atoms with E-state index >= 15 is 0 Å². The van der Waals surface area contributed by atoms with Gasteiger partial charge in [0.25, 0.3) is 5.91 Å². The summed E-state index contributed by atoms with van der Waals surface area (Å²) in [6.45, 7) is 4.46. The SMILES string of the molecule is CCC(CC)(NC(=O)c1cn(CCN)cn1)C(=O)O. The maximum atomic E-state index is 12.0. The lowest BCUT2D eigenvalue weighted by Crippen LogP contribution is -2.53. The fourth-order valence-corrected chi connectivity index (χ4v) is 1.81. The number of aliphatic carboxylic acids is 1. The molecule has 0 aromatic carbocycles. The molecule has 4 N–H and O–H groups in total. The van der Waals surface area contributed by atoms with Gasteiger partial charge in [-0.2, -0.15) is 0 Å². The van der Waals surface area contributed by atoms with Crippen molar-refractivity contribution in [2.75, 3.05) is 6.54 Å². The molecule has 0 unspecified atom stereocenters. The van der Waals surface area contributed by atoms with Gasteiger partial charge < -0.3 is 20.7 Å². The number of hydrogen-bond acceptors (Lipinski definition) is 4. The zero-order valence-electron chi connectivity index (χ0n) is 11.2. The first-order valence-corrected chi connectivity index (χ1v) is 6.26. The average molecular weight is 268 g/mol. The smallest absolute Gasteiger partial charge is 0.329 e. The van der Waals surface area contributed by atoms with Gasteiger partial charge in [0.2, 0.25) is 0 Å². The Hall–Kier alpha value is -1.89. The molecule has 1 aromatic heterocycles. The Bertz CT molecular complexity index is 452. The topological polar surface area (TPSA) is 110 Å². The second-order valence-electron chi connectivity index (χ2n) is 4.33. The van der Waals surface area contributed by atoms with Gasteiger partial charge >= 0.3 is 5.97 Å². The molecule has 0 aliphatic rings. The predicted molar refractivity (Wildman–Crippen MR) is 69.7 cm³/mol. The van der Waals surface area contributed by atoms with Crippen LogP contribution in [0.3, 0.4) is 0 Å². The van der Waals surface area contributed by atoms with Crippen LogP contribution < -0.4 is 11.1 Å². The number of carbonyl (C=O) groups excluding carboxylic acids is 1. The van der Waals surface area contributed by atoms with Gasteiger partial charge in [-0.25, -0.2) is 9.78 Å². The molecule has 1 amide bonds. The van der Waals surface area contributed by atoms with Crippen LogP contribution in [0.25, 0.3) is 0 Å². The van der Waals surface area contributed by atoms with Crippen molar-refractivity contribution < 1.29 is 14.7 Å². The number of amides is 1. The Kier molecular flexibility index (Phi) is 5.05. The first kappa shape index (κ1) is 15.2. The molecule has 7 heteroatoms. The minimum Gasteiger partial charge on any atom is -0.480 e. The molecule has 1 heterocycles. The van der Waals surface area contributed by atoms with E-state index in [9.17, 15) is 14.7 Å². The van der Waals surface area contributed by atoms with Crippen LogP contribution in [0, 0.1) is 0 Å². The lowest BCUT2D eigenvalue weighted by atomic mass is 9.93. The molecule has 0 fully saturated rings. The van der Waals surface area contributed by atoms with Crippen LogP contribution >= 0.6 is 0 Å². The van der Waals surface area contributed by atoms with E-state index in [0.717, 1.165) is 0 Å². The van der Waals surface area contributed by atoms with E-state index in [0.29, 0.717) is 25.9 Å². The maximum Gasteiger partial charge on any atom is 0.329 e. The van der Waals surface area contributed by atoms with Crippen molar-refractivity contribution in [1.29, 1.82) is 0 Å². The number of carboxylic acid groups (broad SMARTS) is 1. The Morgan fingerprint density at radius 2 is 2.11 bits per heavy atom. The number of imidazole rings is 1. The summed E-state index contributed by atoms with van der Waals surface area (Å²) in [4.78, 5) is 27.3. The fourth-order valence-electron chi connectivity index (χ4n) is 1.81. The summed E-state index contributed by atoms with van der Waals surface area (Å²) in [7, 11) is 0. The van der Waals surface area contributed by atoms with Crippen LogP contribution in [0.4, 0.5) is 0 Å². The van der Waals surface area contributed by atoms with E-state index < -0.39 is 17.4 Å². The van der Waals surface area contributed by atoms with E-state index in [2.05, 4.69) is 10.3 Å². The van der Waals surface area contributed by atoms with E-state index in [1.165, 1.54) is 6.33 Å². The van der Waals surface area contributed by atoms with Crippen molar-refractivity contribution in [3.63, 3.8) is 0 Å². The van der Waals surface area contributed by atoms with E-state index in [1.807, 2.05) is 0 Å². The Morgan fingerprint density at radius 3 is 2.58 bits per heavy atom. The third-order valence-corrected chi connectivity index (χ3v) is 3.22. The van der Waals surface area contributed by atoms with Crippen molar-refractivity contribution in [2.45, 2.75) is 38.8 Å². The third kappa shape index (κ3) is 3.31. The third-order valence-electron chi connectivity index (χ3n) is 3.22. The highest BCUT2D eigenvalue weighted by Crippen LogP contribution is 2.16. The molecular weight excluding hydrogens is 248 g/mol. The van der Waals surface area contributed by atoms with E-state index in [1.54, 1.807) is 24.6 Å². The Balaban J connectivity index is 2.84. The van der Waals surface area contributed by atoms with Crippen LogP contribution in [-0.2, 0) is 11.3 Å². The molecule has 0 aliphatic carbocycles. The van der Waals surface area contributed by atoms with Crippen molar-refractivity contribution in [1.82, 2.24) is 14.9 Å². The summed E-state index contributed by atoms with van der Waals surface area (Å²) in [5.74, 6) is -1.52. The monoisotopic (exact) mass is 268 g/mol. The van der Waals surface area contributed by atoms with E-state index in [4.69, 9.17) is 5.73 Å². The van der Waals surface area contributed by atoms with Gasteiger partial charge in [0, 0.05) is 19.3 Å². The first-order chi connectivity index (χ1) is 8.99. The standard InChI is InChI=1S/C12H20N4O3/c1-3-12(4-2,11(18)19)15-10(17)9-7-16(6-5-13)8-14-9/h7-8H,3-6,13H2,1-2H3,(H,15,17)(H,18,19). The summed E-state index contributed by atoms with van der Waals surface area (Å²) in [6.07, 6.45) is 3.68. The first-order valence-electron chi connectivity index (χ1n) is 6.26. The van der Waals surface area contributed by atoms with Gasteiger partial charge in [0.05, 0.1) is 6.33 Å². The highest BCUT2D eigenvalue weighted by atomic mass is 16.4. The maximum absolute atomic E-state index is 12.0. The van der Waals surface area contributed by atoms with E-state index in [-0.39, 0.29) is 5.69 Å². The number of hydrogen-bond donors (Lipinski definition) is 3. The zero-order chi connectivity index (χ0) is 14.5. The molecule has 7 nitrogen and oxygen atoms in total. The summed E-state index contributed by atoms with van der Waals surface area (Å²) in [5.41, 5.74) is 4.36. The predicted octanol–water partition coefficient (Wildman–Crippen LogP) is 0.215. The van der Waals surface area contributed by atoms with Gasteiger partial charge in [-0.15, -0.1) is 0 Å². The van der Waals surface area contributed by atoms with Gasteiger partial charge in [-0.3, -0.25) is 4.79 Å². The summed E-state index contributed by atoms with van der Waals surface area (Å²) in [5, 5.41) is 11.8. The van der Waals surface area contributed by atoms with Gasteiger partial charge in [0.1, 0.15) is 11.2 Å². The number of nitrogens with zero attached hydrogens (tertiary/aromatic N) is 2. The Morgan fingerprint density at radius 1 is 1.47 bits per heavy atom. The quantitative estimate of drug-likeness (QED) is 0.655. The van der Waals surface area contributed by atoms with Crippen LogP contribution in [0.1, 0.15) is 37.2 Å². The molecule has 0 aliphatic heterocycles. The number of aromatic nitrogens is 2. The fraction of sp³-hybridized carbons (Fsp3) is 0.583. The second kappa shape index (κ2) is 6.33. The zero-order valence-corrected chi connectivity index (χ0v) is 11.2. The molecule has 0 saturated heterocycles. The van der Waals surface area contributed by atoms with Gasteiger partial charge in [-0.1, -0.05) is 13.8 Å². The Labute approximate surface area is 111 Å². The molecule has 0 atom stereocenters. The normalized spacial score (nSPS) is 11.3. The minimum absolute atomic E-state index is 0.195. The number of carboxylic acids is 1. The summed E-state index contributed by atoms with van der Waals surface area (Å²) in [6, 6.07) is 0. The minimum atomic E-state index is -1.24. The lowest BCUT2D eigenvalue weighted by Gasteiger charge is -2.27. The molecule has 0 radical (unpaired) electrons. The highest BCUT2D eigenvalue weighted by Gasteiger charge is 2.36. The van der Waals surface area contributed by atoms with Crippen LogP contribution in [-0.4, -0.2) is 38.6 Å². The molecule has 19 heavy (non-hydrogen) atoms. The van der Waals surface area contributed by atoms with Crippen LogP contribution in [0.2, 0.25) is 0 Å².